The number of halogens is 2. The smallest absolute Gasteiger partial charge is 0.295 e. The van der Waals surface area contributed by atoms with E-state index in [0.717, 1.165) is 35.7 Å². The number of fused-ring (bicyclic) bond motifs is 1. The van der Waals surface area contributed by atoms with Crippen LogP contribution in [0.25, 0.3) is 22.0 Å². The van der Waals surface area contributed by atoms with Gasteiger partial charge in [0.15, 0.2) is 0 Å². The van der Waals surface area contributed by atoms with Gasteiger partial charge in [0.1, 0.15) is 5.75 Å². The molecule has 1 aromatic heterocycles. The van der Waals surface area contributed by atoms with E-state index in [0.29, 0.717) is 27.3 Å². The number of methoxy groups -OCH3 is 1. The lowest BCUT2D eigenvalue weighted by Gasteiger charge is -2.21. The standard InChI is InChI=1S/C23H20Cl2N4O2/c1-3-20(30)27-17-5-4-6-18(17)29-23-26-12-14-11-13(7-9-16(14)28-23)21-15(24)8-10-19(31-2)22(21)25/h1,7-12,17-18H,4-6H2,2H3,(H,27,30)(H,26,28,29)/t17-,18+/m0/s1. The van der Waals surface area contributed by atoms with Crippen molar-refractivity contribution in [1.29, 1.82) is 0 Å². The normalized spacial score (nSPS) is 17.9. The summed E-state index contributed by atoms with van der Waals surface area (Å²) in [5, 5.41) is 8.02. The molecule has 1 amide bonds. The van der Waals surface area contributed by atoms with Crippen molar-refractivity contribution in [2.24, 2.45) is 0 Å². The van der Waals surface area contributed by atoms with Gasteiger partial charge < -0.3 is 15.4 Å². The van der Waals surface area contributed by atoms with Crippen molar-refractivity contribution >= 4 is 46.0 Å². The van der Waals surface area contributed by atoms with Gasteiger partial charge in [-0.3, -0.25) is 4.79 Å². The molecular weight excluding hydrogens is 435 g/mol. The van der Waals surface area contributed by atoms with E-state index in [1.807, 2.05) is 18.2 Å². The molecule has 1 heterocycles. The number of carbonyl (C=O) groups is 1. The van der Waals surface area contributed by atoms with Crippen LogP contribution in [0.4, 0.5) is 5.95 Å². The molecule has 0 aliphatic heterocycles. The Balaban J connectivity index is 1.60. The van der Waals surface area contributed by atoms with Gasteiger partial charge in [0.25, 0.3) is 5.91 Å². The fraction of sp³-hybridized carbons (Fsp3) is 0.261. The molecule has 31 heavy (non-hydrogen) atoms. The number of amides is 1. The van der Waals surface area contributed by atoms with Crippen LogP contribution < -0.4 is 15.4 Å². The largest absolute Gasteiger partial charge is 0.495 e. The minimum absolute atomic E-state index is 0.0309. The number of hydrogen-bond acceptors (Lipinski definition) is 5. The van der Waals surface area contributed by atoms with Crippen LogP contribution in [-0.4, -0.2) is 35.1 Å². The third-order valence-corrected chi connectivity index (χ3v) is 6.11. The zero-order valence-electron chi connectivity index (χ0n) is 16.8. The molecule has 0 saturated heterocycles. The molecule has 0 radical (unpaired) electrons. The van der Waals surface area contributed by atoms with E-state index >= 15 is 0 Å². The van der Waals surface area contributed by atoms with E-state index in [1.54, 1.807) is 25.4 Å². The van der Waals surface area contributed by atoms with Gasteiger partial charge in [-0.15, -0.1) is 6.42 Å². The molecule has 2 atom stereocenters. The second kappa shape index (κ2) is 9.01. The third kappa shape index (κ3) is 4.39. The Morgan fingerprint density at radius 2 is 2.03 bits per heavy atom. The van der Waals surface area contributed by atoms with E-state index in [-0.39, 0.29) is 12.1 Å². The van der Waals surface area contributed by atoms with Crippen LogP contribution in [0.1, 0.15) is 19.3 Å². The zero-order chi connectivity index (χ0) is 22.0. The van der Waals surface area contributed by atoms with Crippen molar-refractivity contribution in [1.82, 2.24) is 15.3 Å². The number of rotatable bonds is 5. The molecule has 3 aromatic rings. The van der Waals surface area contributed by atoms with Gasteiger partial charge >= 0.3 is 0 Å². The highest BCUT2D eigenvalue weighted by Gasteiger charge is 2.28. The first kappa shape index (κ1) is 21.2. The van der Waals surface area contributed by atoms with Gasteiger partial charge in [0.05, 0.1) is 22.7 Å². The maximum atomic E-state index is 11.5. The van der Waals surface area contributed by atoms with Crippen molar-refractivity contribution in [3.63, 3.8) is 0 Å². The second-order valence-corrected chi connectivity index (χ2v) is 8.10. The number of nitrogens with zero attached hydrogens (tertiary/aromatic N) is 2. The molecule has 0 unspecified atom stereocenters. The molecule has 0 bridgehead atoms. The summed E-state index contributed by atoms with van der Waals surface area (Å²) in [5.74, 6) is 2.76. The van der Waals surface area contributed by atoms with Crippen LogP contribution in [-0.2, 0) is 4.79 Å². The third-order valence-electron chi connectivity index (χ3n) is 5.42. The molecule has 4 rings (SSSR count). The molecule has 158 valence electrons. The number of nitrogens with one attached hydrogen (secondary N) is 2. The van der Waals surface area contributed by atoms with Crippen LogP contribution in [0.5, 0.6) is 5.75 Å². The fourth-order valence-corrected chi connectivity index (χ4v) is 4.56. The predicted octanol–water partition coefficient (Wildman–Crippen LogP) is 4.69. The molecule has 0 spiro atoms. The number of aromatic nitrogens is 2. The maximum absolute atomic E-state index is 11.5. The van der Waals surface area contributed by atoms with Gasteiger partial charge in [-0.2, -0.15) is 0 Å². The van der Waals surface area contributed by atoms with Crippen LogP contribution >= 0.6 is 23.2 Å². The van der Waals surface area contributed by atoms with E-state index in [1.165, 1.54) is 0 Å². The van der Waals surface area contributed by atoms with Crippen LogP contribution in [0.2, 0.25) is 10.0 Å². The average molecular weight is 455 g/mol. The molecular formula is C23H20Cl2N4O2. The number of benzene rings is 2. The maximum Gasteiger partial charge on any atom is 0.295 e. The molecule has 1 aliphatic rings. The summed E-state index contributed by atoms with van der Waals surface area (Å²) in [7, 11) is 1.56. The van der Waals surface area contributed by atoms with Crippen molar-refractivity contribution in [3.05, 3.63) is 46.6 Å². The molecule has 2 aromatic carbocycles. The Hall–Kier alpha value is -3.01. The van der Waals surface area contributed by atoms with Crippen molar-refractivity contribution in [2.45, 2.75) is 31.3 Å². The van der Waals surface area contributed by atoms with Crippen LogP contribution in [0.3, 0.4) is 0 Å². The number of carbonyl (C=O) groups excluding carboxylic acids is 1. The van der Waals surface area contributed by atoms with E-state index in [9.17, 15) is 4.79 Å². The van der Waals surface area contributed by atoms with E-state index in [2.05, 4.69) is 26.5 Å². The summed E-state index contributed by atoms with van der Waals surface area (Å²) in [5.41, 5.74) is 2.32. The molecule has 1 fully saturated rings. The van der Waals surface area contributed by atoms with Gasteiger partial charge in [-0.05, 0) is 55.0 Å². The Labute approximate surface area is 190 Å². The summed E-state index contributed by atoms with van der Waals surface area (Å²) in [6.07, 6.45) is 9.68. The molecule has 1 aliphatic carbocycles. The first-order valence-corrected chi connectivity index (χ1v) is 10.6. The lowest BCUT2D eigenvalue weighted by Crippen LogP contribution is -2.43. The molecule has 8 heteroatoms. The monoisotopic (exact) mass is 454 g/mol. The number of ether oxygens (including phenoxy) is 1. The fourth-order valence-electron chi connectivity index (χ4n) is 3.90. The number of terminal acetylenes is 1. The summed E-state index contributed by atoms with van der Waals surface area (Å²) in [6.45, 7) is 0. The number of hydrogen-bond donors (Lipinski definition) is 2. The SMILES string of the molecule is C#CC(=O)N[C@H]1CCC[C@H]1Nc1ncc2cc(-c3c(Cl)ccc(OC)c3Cl)ccc2n1. The van der Waals surface area contributed by atoms with Gasteiger partial charge in [-0.1, -0.05) is 29.3 Å². The summed E-state index contributed by atoms with van der Waals surface area (Å²) >= 11 is 12.9. The first-order chi connectivity index (χ1) is 15.0. The second-order valence-electron chi connectivity index (χ2n) is 7.31. The van der Waals surface area contributed by atoms with E-state index < -0.39 is 5.91 Å². The molecule has 1 saturated carbocycles. The Bertz CT molecular complexity index is 1190. The lowest BCUT2D eigenvalue weighted by atomic mass is 10.0. The Kier molecular flexibility index (Phi) is 6.17. The molecule has 6 nitrogen and oxygen atoms in total. The van der Waals surface area contributed by atoms with Crippen molar-refractivity contribution in [2.75, 3.05) is 12.4 Å². The van der Waals surface area contributed by atoms with Crippen LogP contribution in [0.15, 0.2) is 36.5 Å². The lowest BCUT2D eigenvalue weighted by molar-refractivity contribution is -0.116. The average Bonchev–Trinajstić information content (AvgIpc) is 3.20. The molecule has 2 N–H and O–H groups in total. The summed E-state index contributed by atoms with van der Waals surface area (Å²) in [6, 6.07) is 9.24. The van der Waals surface area contributed by atoms with Crippen LogP contribution in [0, 0.1) is 12.3 Å². The van der Waals surface area contributed by atoms with Gasteiger partial charge in [0, 0.05) is 29.2 Å². The minimum Gasteiger partial charge on any atom is -0.495 e. The first-order valence-electron chi connectivity index (χ1n) is 9.83. The van der Waals surface area contributed by atoms with Gasteiger partial charge in [0.2, 0.25) is 5.95 Å². The summed E-state index contributed by atoms with van der Waals surface area (Å²) < 4.78 is 5.31. The van der Waals surface area contributed by atoms with Crippen molar-refractivity contribution in [3.8, 4) is 29.2 Å². The zero-order valence-corrected chi connectivity index (χ0v) is 18.3. The Morgan fingerprint density at radius 3 is 2.81 bits per heavy atom. The highest BCUT2D eigenvalue weighted by molar-refractivity contribution is 6.40. The topological polar surface area (TPSA) is 76.1 Å². The van der Waals surface area contributed by atoms with Crippen molar-refractivity contribution < 1.29 is 9.53 Å². The summed E-state index contributed by atoms with van der Waals surface area (Å²) in [4.78, 5) is 20.6. The van der Waals surface area contributed by atoms with E-state index in [4.69, 9.17) is 34.4 Å². The van der Waals surface area contributed by atoms with Gasteiger partial charge in [-0.25, -0.2) is 9.97 Å². The minimum atomic E-state index is -0.402. The predicted molar refractivity (Wildman–Crippen MR) is 124 cm³/mol. The highest BCUT2D eigenvalue weighted by Crippen LogP contribution is 2.41. The Morgan fingerprint density at radius 1 is 1.23 bits per heavy atom. The highest BCUT2D eigenvalue weighted by atomic mass is 35.5. The number of anilines is 1. The quantitative estimate of drug-likeness (QED) is 0.546.